The summed E-state index contributed by atoms with van der Waals surface area (Å²) >= 11 is 3.48. The van der Waals surface area contributed by atoms with Crippen LogP contribution >= 0.6 is 15.9 Å². The first-order chi connectivity index (χ1) is 10.2. The van der Waals surface area contributed by atoms with Crippen LogP contribution in [0.2, 0.25) is 0 Å². The first-order valence-electron chi connectivity index (χ1n) is 7.88. The van der Waals surface area contributed by atoms with Crippen LogP contribution in [0.15, 0.2) is 24.3 Å². The van der Waals surface area contributed by atoms with Crippen molar-refractivity contribution in [3.05, 3.63) is 35.4 Å². The zero-order chi connectivity index (χ0) is 14.7. The molecule has 2 saturated heterocycles. The van der Waals surface area contributed by atoms with E-state index < -0.39 is 0 Å². The standard InChI is InChI=1S/C17H23BrN2O/c18-10-16-9-17(21)20(13-16)12-15-5-3-14(4-6-15)11-19-7-1-2-8-19/h3-6,16H,1-2,7-13H2. The van der Waals surface area contributed by atoms with Gasteiger partial charge in [-0.2, -0.15) is 0 Å². The van der Waals surface area contributed by atoms with Gasteiger partial charge >= 0.3 is 0 Å². The fourth-order valence-electron chi connectivity index (χ4n) is 3.28. The summed E-state index contributed by atoms with van der Waals surface area (Å²) < 4.78 is 0. The van der Waals surface area contributed by atoms with Gasteiger partial charge in [-0.25, -0.2) is 0 Å². The second-order valence-corrected chi connectivity index (χ2v) is 6.95. The number of carbonyl (C=O) groups is 1. The molecule has 1 atom stereocenters. The van der Waals surface area contributed by atoms with Gasteiger partial charge in [0.15, 0.2) is 0 Å². The Morgan fingerprint density at radius 3 is 2.24 bits per heavy atom. The summed E-state index contributed by atoms with van der Waals surface area (Å²) in [5, 5.41) is 0.921. The van der Waals surface area contributed by atoms with E-state index >= 15 is 0 Å². The molecule has 3 rings (SSSR count). The molecule has 1 unspecified atom stereocenters. The van der Waals surface area contributed by atoms with E-state index in [2.05, 4.69) is 45.1 Å². The van der Waals surface area contributed by atoms with E-state index in [-0.39, 0.29) is 0 Å². The number of halogens is 1. The normalized spacial score (nSPS) is 23.2. The molecule has 4 heteroatoms. The first kappa shape index (κ1) is 15.0. The van der Waals surface area contributed by atoms with Gasteiger partial charge in [-0.05, 0) is 43.0 Å². The minimum absolute atomic E-state index is 0.292. The van der Waals surface area contributed by atoms with E-state index in [1.807, 2.05) is 4.90 Å². The maximum atomic E-state index is 11.9. The van der Waals surface area contributed by atoms with Gasteiger partial charge in [0.1, 0.15) is 0 Å². The number of alkyl halides is 1. The topological polar surface area (TPSA) is 23.6 Å². The van der Waals surface area contributed by atoms with E-state index in [0.717, 1.165) is 25.0 Å². The van der Waals surface area contributed by atoms with Crippen LogP contribution in [0.1, 0.15) is 30.4 Å². The third kappa shape index (κ3) is 3.86. The largest absolute Gasteiger partial charge is 0.338 e. The van der Waals surface area contributed by atoms with Crippen LogP contribution in [0.4, 0.5) is 0 Å². The summed E-state index contributed by atoms with van der Waals surface area (Å²) in [6, 6.07) is 8.80. The molecule has 2 aliphatic heterocycles. The lowest BCUT2D eigenvalue weighted by atomic mass is 10.1. The molecule has 0 N–H and O–H groups in total. The fourth-order valence-corrected chi connectivity index (χ4v) is 3.71. The summed E-state index contributed by atoms with van der Waals surface area (Å²) in [6.07, 6.45) is 3.37. The van der Waals surface area contributed by atoms with Crippen molar-refractivity contribution < 1.29 is 4.79 Å². The quantitative estimate of drug-likeness (QED) is 0.762. The third-order valence-electron chi connectivity index (χ3n) is 4.51. The molecule has 21 heavy (non-hydrogen) atoms. The number of hydrogen-bond acceptors (Lipinski definition) is 2. The number of rotatable bonds is 5. The zero-order valence-electron chi connectivity index (χ0n) is 12.4. The average Bonchev–Trinajstić information content (AvgIpc) is 3.11. The summed E-state index contributed by atoms with van der Waals surface area (Å²) in [6.45, 7) is 5.18. The Balaban J connectivity index is 1.55. The fraction of sp³-hybridized carbons (Fsp3) is 0.588. The predicted molar refractivity (Wildman–Crippen MR) is 88.3 cm³/mol. The maximum absolute atomic E-state index is 11.9. The van der Waals surface area contributed by atoms with Gasteiger partial charge in [0.2, 0.25) is 5.91 Å². The molecule has 1 amide bonds. The van der Waals surface area contributed by atoms with Crippen molar-refractivity contribution in [1.82, 2.24) is 9.80 Å². The molecule has 0 bridgehead atoms. The molecule has 2 aliphatic rings. The molecule has 0 aliphatic carbocycles. The second-order valence-electron chi connectivity index (χ2n) is 6.30. The summed E-state index contributed by atoms with van der Waals surface area (Å²) in [7, 11) is 0. The van der Waals surface area contributed by atoms with E-state index in [0.29, 0.717) is 18.2 Å². The van der Waals surface area contributed by atoms with Crippen LogP contribution < -0.4 is 0 Å². The molecule has 0 aromatic heterocycles. The van der Waals surface area contributed by atoms with Gasteiger partial charge < -0.3 is 4.90 Å². The van der Waals surface area contributed by atoms with Crippen molar-refractivity contribution in [1.29, 1.82) is 0 Å². The van der Waals surface area contributed by atoms with Crippen LogP contribution in [0, 0.1) is 5.92 Å². The Labute approximate surface area is 135 Å². The maximum Gasteiger partial charge on any atom is 0.223 e. The molecule has 3 nitrogen and oxygen atoms in total. The number of likely N-dealkylation sites (tertiary alicyclic amines) is 2. The number of nitrogens with zero attached hydrogens (tertiary/aromatic N) is 2. The molecule has 0 spiro atoms. The minimum Gasteiger partial charge on any atom is -0.338 e. The summed E-state index contributed by atoms with van der Waals surface area (Å²) in [5.74, 6) is 0.771. The number of hydrogen-bond donors (Lipinski definition) is 0. The zero-order valence-corrected chi connectivity index (χ0v) is 14.0. The van der Waals surface area contributed by atoms with Crippen molar-refractivity contribution in [2.75, 3.05) is 25.0 Å². The lowest BCUT2D eigenvalue weighted by molar-refractivity contribution is -0.128. The van der Waals surface area contributed by atoms with Crippen LogP contribution in [0.3, 0.4) is 0 Å². The first-order valence-corrected chi connectivity index (χ1v) is 9.00. The summed E-state index contributed by atoms with van der Waals surface area (Å²) in [5.41, 5.74) is 2.62. The second kappa shape index (κ2) is 6.93. The van der Waals surface area contributed by atoms with E-state index in [4.69, 9.17) is 0 Å². The molecule has 1 aromatic rings. The van der Waals surface area contributed by atoms with Crippen LogP contribution in [-0.2, 0) is 17.9 Å². The highest BCUT2D eigenvalue weighted by Crippen LogP contribution is 2.22. The number of amides is 1. The van der Waals surface area contributed by atoms with Gasteiger partial charge in [0.05, 0.1) is 0 Å². The van der Waals surface area contributed by atoms with Crippen molar-refractivity contribution >= 4 is 21.8 Å². The lowest BCUT2D eigenvalue weighted by Gasteiger charge is -2.18. The van der Waals surface area contributed by atoms with Gasteiger partial charge in [0, 0.05) is 31.4 Å². The average molecular weight is 351 g/mol. The van der Waals surface area contributed by atoms with Crippen molar-refractivity contribution in [3.63, 3.8) is 0 Å². The van der Waals surface area contributed by atoms with Crippen molar-refractivity contribution in [2.45, 2.75) is 32.4 Å². The molecule has 114 valence electrons. The third-order valence-corrected chi connectivity index (χ3v) is 5.43. The highest BCUT2D eigenvalue weighted by molar-refractivity contribution is 9.09. The Morgan fingerprint density at radius 2 is 1.67 bits per heavy atom. The SMILES string of the molecule is O=C1CC(CBr)CN1Cc1ccc(CN2CCCC2)cc1. The molecule has 1 aromatic carbocycles. The van der Waals surface area contributed by atoms with Crippen LogP contribution in [0.25, 0.3) is 0 Å². The molecule has 2 heterocycles. The van der Waals surface area contributed by atoms with Crippen LogP contribution in [-0.4, -0.2) is 40.7 Å². The smallest absolute Gasteiger partial charge is 0.223 e. The van der Waals surface area contributed by atoms with Crippen molar-refractivity contribution in [2.24, 2.45) is 5.92 Å². The lowest BCUT2D eigenvalue weighted by Crippen LogP contribution is -2.24. The van der Waals surface area contributed by atoms with Crippen molar-refractivity contribution in [3.8, 4) is 0 Å². The Kier molecular flexibility index (Phi) is 4.96. The van der Waals surface area contributed by atoms with Gasteiger partial charge in [-0.15, -0.1) is 0 Å². The highest BCUT2D eigenvalue weighted by Gasteiger charge is 2.28. The van der Waals surface area contributed by atoms with Gasteiger partial charge in [0.25, 0.3) is 0 Å². The van der Waals surface area contributed by atoms with Gasteiger partial charge in [-0.1, -0.05) is 40.2 Å². The molecule has 2 fully saturated rings. The predicted octanol–water partition coefficient (Wildman–Crippen LogP) is 3.03. The van der Waals surface area contributed by atoms with Gasteiger partial charge in [-0.3, -0.25) is 9.69 Å². The molecule has 0 radical (unpaired) electrons. The molecular weight excluding hydrogens is 328 g/mol. The molecular formula is C17H23BrN2O. The van der Waals surface area contributed by atoms with E-state index in [1.54, 1.807) is 0 Å². The summed E-state index contributed by atoms with van der Waals surface area (Å²) in [4.78, 5) is 16.4. The monoisotopic (exact) mass is 350 g/mol. The Morgan fingerprint density at radius 1 is 1.05 bits per heavy atom. The highest BCUT2D eigenvalue weighted by atomic mass is 79.9. The molecule has 0 saturated carbocycles. The van der Waals surface area contributed by atoms with E-state index in [9.17, 15) is 4.79 Å². The number of carbonyl (C=O) groups excluding carboxylic acids is 1. The Hall–Kier alpha value is -0.870. The van der Waals surface area contributed by atoms with E-state index in [1.165, 1.54) is 37.1 Å². The van der Waals surface area contributed by atoms with Crippen LogP contribution in [0.5, 0.6) is 0 Å². The Bertz CT molecular complexity index is 482. The minimum atomic E-state index is 0.292. The number of benzene rings is 1.